The first kappa shape index (κ1) is 25.2. The molecule has 2 aliphatic rings. The van der Waals surface area contributed by atoms with Crippen LogP contribution in [0.3, 0.4) is 0 Å². The number of hydrogen-bond donors (Lipinski definition) is 1. The lowest BCUT2D eigenvalue weighted by atomic mass is 9.94. The Balaban J connectivity index is 1.25. The SMILES string of the molecule is CN(c1ccc(CNC(=O)C2CCN(S(=O)(=O)c3ccc(C#N)cc3)CC2)cc1)C1CCCCC1. The van der Waals surface area contributed by atoms with Gasteiger partial charge in [0.1, 0.15) is 0 Å². The molecule has 4 rings (SSSR count). The molecule has 1 heterocycles. The van der Waals surface area contributed by atoms with E-state index in [1.54, 1.807) is 0 Å². The van der Waals surface area contributed by atoms with Crippen LogP contribution in [-0.2, 0) is 21.4 Å². The maximum absolute atomic E-state index is 12.9. The van der Waals surface area contributed by atoms with Crippen molar-refractivity contribution in [3.63, 3.8) is 0 Å². The molecule has 0 aromatic heterocycles. The normalized spacial score (nSPS) is 18.1. The van der Waals surface area contributed by atoms with Crippen molar-refractivity contribution in [1.82, 2.24) is 9.62 Å². The highest BCUT2D eigenvalue weighted by molar-refractivity contribution is 7.89. The van der Waals surface area contributed by atoms with Gasteiger partial charge in [-0.2, -0.15) is 9.57 Å². The van der Waals surface area contributed by atoms with Crippen LogP contribution in [0.15, 0.2) is 53.4 Å². The number of sulfonamides is 1. The number of nitrogens with one attached hydrogen (secondary N) is 1. The minimum atomic E-state index is -3.62. The number of hydrogen-bond acceptors (Lipinski definition) is 5. The molecule has 8 heteroatoms. The molecule has 2 fully saturated rings. The van der Waals surface area contributed by atoms with Gasteiger partial charge >= 0.3 is 0 Å². The first-order valence-electron chi connectivity index (χ1n) is 12.5. The zero-order valence-electron chi connectivity index (χ0n) is 20.3. The van der Waals surface area contributed by atoms with Gasteiger partial charge in [-0.25, -0.2) is 8.42 Å². The Morgan fingerprint density at radius 3 is 2.23 bits per heavy atom. The summed E-state index contributed by atoms with van der Waals surface area (Å²) in [4.78, 5) is 15.3. The van der Waals surface area contributed by atoms with Crippen LogP contribution in [0, 0.1) is 17.2 Å². The van der Waals surface area contributed by atoms with Crippen LogP contribution < -0.4 is 10.2 Å². The van der Waals surface area contributed by atoms with Gasteiger partial charge < -0.3 is 10.2 Å². The molecule has 35 heavy (non-hydrogen) atoms. The average Bonchev–Trinajstić information content (AvgIpc) is 2.92. The molecule has 1 saturated carbocycles. The maximum Gasteiger partial charge on any atom is 0.243 e. The molecular weight excluding hydrogens is 460 g/mol. The number of rotatable bonds is 7. The lowest BCUT2D eigenvalue weighted by Crippen LogP contribution is -2.42. The minimum Gasteiger partial charge on any atom is -0.372 e. The van der Waals surface area contributed by atoms with Crippen LogP contribution in [0.4, 0.5) is 5.69 Å². The van der Waals surface area contributed by atoms with Crippen molar-refractivity contribution in [2.75, 3.05) is 25.0 Å². The van der Waals surface area contributed by atoms with Crippen molar-refractivity contribution in [2.24, 2.45) is 5.92 Å². The molecule has 186 valence electrons. The summed E-state index contributed by atoms with van der Waals surface area (Å²) in [6, 6.07) is 16.9. The lowest BCUT2D eigenvalue weighted by molar-refractivity contribution is -0.126. The zero-order valence-corrected chi connectivity index (χ0v) is 21.1. The van der Waals surface area contributed by atoms with Gasteiger partial charge in [0.05, 0.1) is 16.5 Å². The average molecular weight is 495 g/mol. The largest absolute Gasteiger partial charge is 0.372 e. The van der Waals surface area contributed by atoms with Gasteiger partial charge in [-0.15, -0.1) is 0 Å². The van der Waals surface area contributed by atoms with Crippen molar-refractivity contribution in [3.05, 3.63) is 59.7 Å². The predicted molar refractivity (Wildman–Crippen MR) is 136 cm³/mol. The number of amides is 1. The minimum absolute atomic E-state index is 0.0242. The molecule has 1 saturated heterocycles. The Kier molecular flexibility index (Phi) is 8.09. The highest BCUT2D eigenvalue weighted by Gasteiger charge is 2.32. The van der Waals surface area contributed by atoms with Gasteiger partial charge in [0.25, 0.3) is 0 Å². The van der Waals surface area contributed by atoms with Crippen LogP contribution in [0.2, 0.25) is 0 Å². The van der Waals surface area contributed by atoms with E-state index in [2.05, 4.69) is 41.5 Å². The molecule has 2 aromatic rings. The second-order valence-electron chi connectivity index (χ2n) is 9.60. The number of carbonyl (C=O) groups is 1. The summed E-state index contributed by atoms with van der Waals surface area (Å²) in [6.45, 7) is 1.08. The Morgan fingerprint density at radius 1 is 1.00 bits per heavy atom. The van der Waals surface area contributed by atoms with E-state index in [1.165, 1.54) is 66.4 Å². The summed E-state index contributed by atoms with van der Waals surface area (Å²) in [5, 5.41) is 11.9. The van der Waals surface area contributed by atoms with Crippen molar-refractivity contribution in [3.8, 4) is 6.07 Å². The Bertz CT molecular complexity index is 1140. The van der Waals surface area contributed by atoms with Crippen LogP contribution >= 0.6 is 0 Å². The van der Waals surface area contributed by atoms with Crippen molar-refractivity contribution in [2.45, 2.75) is 62.4 Å². The first-order valence-corrected chi connectivity index (χ1v) is 13.9. The monoisotopic (exact) mass is 494 g/mol. The van der Waals surface area contributed by atoms with E-state index >= 15 is 0 Å². The zero-order chi connectivity index (χ0) is 24.8. The number of nitriles is 1. The van der Waals surface area contributed by atoms with Crippen molar-refractivity contribution in [1.29, 1.82) is 5.26 Å². The molecule has 0 spiro atoms. The number of carbonyl (C=O) groups excluding carboxylic acids is 1. The van der Waals surface area contributed by atoms with E-state index in [1.807, 2.05) is 6.07 Å². The summed E-state index contributed by atoms with van der Waals surface area (Å²) in [5.41, 5.74) is 2.69. The van der Waals surface area contributed by atoms with Gasteiger partial charge in [-0.05, 0) is 67.6 Å². The highest BCUT2D eigenvalue weighted by Crippen LogP contribution is 2.27. The molecule has 1 aliphatic heterocycles. The van der Waals surface area contributed by atoms with Gasteiger partial charge in [0.2, 0.25) is 15.9 Å². The summed E-state index contributed by atoms with van der Waals surface area (Å²) < 4.78 is 27.2. The second kappa shape index (κ2) is 11.2. The number of piperidine rings is 1. The molecule has 1 aliphatic carbocycles. The number of nitrogens with zero attached hydrogens (tertiary/aromatic N) is 3. The summed E-state index contributed by atoms with van der Waals surface area (Å²) in [7, 11) is -1.46. The summed E-state index contributed by atoms with van der Waals surface area (Å²) in [5.74, 6) is -0.219. The Hall–Kier alpha value is -2.89. The fourth-order valence-electron chi connectivity index (χ4n) is 5.07. The van der Waals surface area contributed by atoms with E-state index in [0.29, 0.717) is 44.1 Å². The molecule has 1 amide bonds. The first-order chi connectivity index (χ1) is 16.9. The van der Waals surface area contributed by atoms with Gasteiger partial charge in [-0.3, -0.25) is 4.79 Å². The third-order valence-corrected chi connectivity index (χ3v) is 9.29. The number of anilines is 1. The topological polar surface area (TPSA) is 93.5 Å². The van der Waals surface area contributed by atoms with E-state index in [-0.39, 0.29) is 16.7 Å². The van der Waals surface area contributed by atoms with Crippen LogP contribution in [0.1, 0.15) is 56.1 Å². The second-order valence-corrected chi connectivity index (χ2v) is 11.5. The summed E-state index contributed by atoms with van der Waals surface area (Å²) in [6.07, 6.45) is 7.44. The van der Waals surface area contributed by atoms with E-state index in [9.17, 15) is 13.2 Å². The third kappa shape index (κ3) is 6.03. The van der Waals surface area contributed by atoms with E-state index in [4.69, 9.17) is 5.26 Å². The van der Waals surface area contributed by atoms with Crippen LogP contribution in [0.25, 0.3) is 0 Å². The maximum atomic E-state index is 12.9. The van der Waals surface area contributed by atoms with Gasteiger partial charge in [0.15, 0.2) is 0 Å². The Labute approximate surface area is 208 Å². The highest BCUT2D eigenvalue weighted by atomic mass is 32.2. The molecule has 2 aromatic carbocycles. The van der Waals surface area contributed by atoms with Crippen molar-refractivity contribution < 1.29 is 13.2 Å². The molecule has 0 radical (unpaired) electrons. The Morgan fingerprint density at radius 2 is 1.63 bits per heavy atom. The van der Waals surface area contributed by atoms with E-state index < -0.39 is 10.0 Å². The van der Waals surface area contributed by atoms with Crippen molar-refractivity contribution >= 4 is 21.6 Å². The summed E-state index contributed by atoms with van der Waals surface area (Å²) >= 11 is 0. The lowest BCUT2D eigenvalue weighted by Gasteiger charge is -2.33. The molecule has 7 nitrogen and oxygen atoms in total. The molecule has 0 atom stereocenters. The fraction of sp³-hybridized carbons (Fsp3) is 0.481. The van der Waals surface area contributed by atoms with Gasteiger partial charge in [-0.1, -0.05) is 31.4 Å². The molecule has 0 bridgehead atoms. The fourth-order valence-corrected chi connectivity index (χ4v) is 6.54. The molecule has 0 unspecified atom stereocenters. The van der Waals surface area contributed by atoms with Crippen LogP contribution in [-0.4, -0.2) is 44.8 Å². The molecular formula is C27H34N4O3S. The molecule has 1 N–H and O–H groups in total. The van der Waals surface area contributed by atoms with Gasteiger partial charge in [0, 0.05) is 44.3 Å². The van der Waals surface area contributed by atoms with Crippen LogP contribution in [0.5, 0.6) is 0 Å². The quantitative estimate of drug-likeness (QED) is 0.627. The third-order valence-electron chi connectivity index (χ3n) is 7.38. The smallest absolute Gasteiger partial charge is 0.243 e. The predicted octanol–water partition coefficient (Wildman–Crippen LogP) is 4.04. The number of benzene rings is 2. The van der Waals surface area contributed by atoms with E-state index in [0.717, 1.165) is 5.56 Å². The standard InChI is InChI=1S/C27H34N4O3S/c1-30(24-5-3-2-4-6-24)25-11-7-22(8-12-25)20-29-27(32)23-15-17-31(18-16-23)35(33,34)26-13-9-21(19-28)10-14-26/h7-14,23-24H,2-6,15-18,20H2,1H3,(H,29,32).